The normalized spacial score (nSPS) is 24.0. The van der Waals surface area contributed by atoms with E-state index in [1.807, 2.05) is 6.92 Å². The molecule has 1 fully saturated rings. The first-order valence-electron chi connectivity index (χ1n) is 5.78. The molecule has 1 aliphatic rings. The van der Waals surface area contributed by atoms with Crippen molar-refractivity contribution in [1.29, 1.82) is 0 Å². The Balaban J connectivity index is 1.91. The fourth-order valence-corrected chi connectivity index (χ4v) is 1.83. The molecule has 14 heavy (non-hydrogen) atoms. The van der Waals surface area contributed by atoms with Gasteiger partial charge in [-0.05, 0) is 39.0 Å². The highest BCUT2D eigenvalue weighted by Gasteiger charge is 2.15. The van der Waals surface area contributed by atoms with E-state index in [0.717, 1.165) is 19.6 Å². The summed E-state index contributed by atoms with van der Waals surface area (Å²) in [5.74, 6) is 0. The maximum absolute atomic E-state index is 5.88. The van der Waals surface area contributed by atoms with Crippen LogP contribution in [0.25, 0.3) is 0 Å². The van der Waals surface area contributed by atoms with E-state index in [0.29, 0.717) is 12.7 Å². The Kier molecular flexibility index (Phi) is 6.15. The number of rotatable bonds is 7. The first-order chi connectivity index (χ1) is 6.83. The molecule has 0 aromatic carbocycles. The minimum atomic E-state index is 0.205. The highest BCUT2D eigenvalue weighted by Crippen LogP contribution is 2.17. The lowest BCUT2D eigenvalue weighted by Crippen LogP contribution is -2.26. The van der Waals surface area contributed by atoms with Gasteiger partial charge in [0.25, 0.3) is 0 Å². The SMILES string of the molecule is CCOCC(N)CCCC1CCCO1. The second kappa shape index (κ2) is 7.21. The second-order valence-corrected chi connectivity index (χ2v) is 3.99. The molecule has 1 aliphatic heterocycles. The van der Waals surface area contributed by atoms with E-state index in [9.17, 15) is 0 Å². The molecule has 0 aliphatic carbocycles. The van der Waals surface area contributed by atoms with E-state index in [1.165, 1.54) is 25.7 Å². The monoisotopic (exact) mass is 201 g/mol. The van der Waals surface area contributed by atoms with Crippen molar-refractivity contribution in [3.63, 3.8) is 0 Å². The van der Waals surface area contributed by atoms with Crippen molar-refractivity contribution in [3.8, 4) is 0 Å². The topological polar surface area (TPSA) is 44.5 Å². The number of nitrogens with two attached hydrogens (primary N) is 1. The third kappa shape index (κ3) is 4.94. The standard InChI is InChI=1S/C11H23NO2/c1-2-13-9-10(12)5-3-6-11-7-4-8-14-11/h10-11H,2-9,12H2,1H3. The Morgan fingerprint density at radius 1 is 1.57 bits per heavy atom. The van der Waals surface area contributed by atoms with E-state index < -0.39 is 0 Å². The molecule has 0 aromatic heterocycles. The second-order valence-electron chi connectivity index (χ2n) is 3.99. The van der Waals surface area contributed by atoms with Gasteiger partial charge in [-0.15, -0.1) is 0 Å². The lowest BCUT2D eigenvalue weighted by Gasteiger charge is -2.13. The van der Waals surface area contributed by atoms with Gasteiger partial charge in [0.2, 0.25) is 0 Å². The Labute approximate surface area is 86.9 Å². The van der Waals surface area contributed by atoms with Gasteiger partial charge in [0, 0.05) is 19.3 Å². The van der Waals surface area contributed by atoms with Crippen molar-refractivity contribution in [3.05, 3.63) is 0 Å². The van der Waals surface area contributed by atoms with Crippen molar-refractivity contribution < 1.29 is 9.47 Å². The molecule has 1 rings (SSSR count). The van der Waals surface area contributed by atoms with Crippen LogP contribution in [0.2, 0.25) is 0 Å². The molecule has 1 heterocycles. The first kappa shape index (κ1) is 12.0. The zero-order valence-electron chi connectivity index (χ0n) is 9.21. The van der Waals surface area contributed by atoms with Gasteiger partial charge in [0.05, 0.1) is 12.7 Å². The maximum atomic E-state index is 5.88. The molecule has 2 N–H and O–H groups in total. The fraction of sp³-hybridized carbons (Fsp3) is 1.00. The highest BCUT2D eigenvalue weighted by atomic mass is 16.5. The predicted molar refractivity (Wildman–Crippen MR) is 57.3 cm³/mol. The van der Waals surface area contributed by atoms with Crippen LogP contribution in [0.15, 0.2) is 0 Å². The lowest BCUT2D eigenvalue weighted by atomic mass is 10.1. The van der Waals surface area contributed by atoms with Gasteiger partial charge in [0.15, 0.2) is 0 Å². The Morgan fingerprint density at radius 3 is 3.07 bits per heavy atom. The fourth-order valence-electron chi connectivity index (χ4n) is 1.83. The molecule has 0 amide bonds. The van der Waals surface area contributed by atoms with E-state index >= 15 is 0 Å². The highest BCUT2D eigenvalue weighted by molar-refractivity contribution is 4.67. The molecule has 2 unspecified atom stereocenters. The minimum absolute atomic E-state index is 0.205. The third-order valence-electron chi connectivity index (χ3n) is 2.66. The molecule has 0 aromatic rings. The van der Waals surface area contributed by atoms with Gasteiger partial charge < -0.3 is 15.2 Å². The summed E-state index contributed by atoms with van der Waals surface area (Å²) in [7, 11) is 0. The van der Waals surface area contributed by atoms with Crippen LogP contribution in [0.3, 0.4) is 0 Å². The zero-order chi connectivity index (χ0) is 10.2. The van der Waals surface area contributed by atoms with Crippen molar-refractivity contribution in [2.75, 3.05) is 19.8 Å². The smallest absolute Gasteiger partial charge is 0.0617 e. The molecule has 0 spiro atoms. The van der Waals surface area contributed by atoms with Crippen LogP contribution in [0.5, 0.6) is 0 Å². The van der Waals surface area contributed by atoms with Gasteiger partial charge in [-0.3, -0.25) is 0 Å². The number of ether oxygens (including phenoxy) is 2. The zero-order valence-corrected chi connectivity index (χ0v) is 9.21. The summed E-state index contributed by atoms with van der Waals surface area (Å²) >= 11 is 0. The van der Waals surface area contributed by atoms with Crippen LogP contribution in [0.4, 0.5) is 0 Å². The molecule has 2 atom stereocenters. The van der Waals surface area contributed by atoms with Gasteiger partial charge in [-0.25, -0.2) is 0 Å². The summed E-state index contributed by atoms with van der Waals surface area (Å²) in [5, 5.41) is 0. The van der Waals surface area contributed by atoms with Gasteiger partial charge in [-0.1, -0.05) is 0 Å². The summed E-state index contributed by atoms with van der Waals surface area (Å²) in [6.07, 6.45) is 6.36. The average Bonchev–Trinajstić information content (AvgIpc) is 2.67. The first-order valence-corrected chi connectivity index (χ1v) is 5.78. The molecule has 84 valence electrons. The van der Waals surface area contributed by atoms with E-state index in [2.05, 4.69) is 0 Å². The van der Waals surface area contributed by atoms with Gasteiger partial charge in [-0.2, -0.15) is 0 Å². The molecule has 3 nitrogen and oxygen atoms in total. The Hall–Kier alpha value is -0.120. The molecule has 3 heteroatoms. The Morgan fingerprint density at radius 2 is 2.43 bits per heavy atom. The molecule has 0 saturated carbocycles. The van der Waals surface area contributed by atoms with Gasteiger partial charge >= 0.3 is 0 Å². The van der Waals surface area contributed by atoms with Crippen LogP contribution >= 0.6 is 0 Å². The number of hydrogen-bond donors (Lipinski definition) is 1. The molecule has 1 saturated heterocycles. The van der Waals surface area contributed by atoms with E-state index in [-0.39, 0.29) is 6.04 Å². The van der Waals surface area contributed by atoms with Crippen LogP contribution in [0, 0.1) is 0 Å². The summed E-state index contributed by atoms with van der Waals surface area (Å²) in [6, 6.07) is 0.205. The minimum Gasteiger partial charge on any atom is -0.380 e. The summed E-state index contributed by atoms with van der Waals surface area (Å²) in [5.41, 5.74) is 5.88. The maximum Gasteiger partial charge on any atom is 0.0617 e. The molecular weight excluding hydrogens is 178 g/mol. The average molecular weight is 201 g/mol. The van der Waals surface area contributed by atoms with Crippen LogP contribution < -0.4 is 5.73 Å². The van der Waals surface area contributed by atoms with Crippen molar-refractivity contribution in [2.24, 2.45) is 5.73 Å². The molecule has 0 radical (unpaired) electrons. The molecule has 0 bridgehead atoms. The van der Waals surface area contributed by atoms with Crippen molar-refractivity contribution in [1.82, 2.24) is 0 Å². The number of hydrogen-bond acceptors (Lipinski definition) is 3. The van der Waals surface area contributed by atoms with E-state index in [1.54, 1.807) is 0 Å². The third-order valence-corrected chi connectivity index (χ3v) is 2.66. The summed E-state index contributed by atoms with van der Waals surface area (Å²) < 4.78 is 10.8. The largest absolute Gasteiger partial charge is 0.380 e. The summed E-state index contributed by atoms with van der Waals surface area (Å²) in [4.78, 5) is 0. The van der Waals surface area contributed by atoms with Crippen LogP contribution in [-0.2, 0) is 9.47 Å². The van der Waals surface area contributed by atoms with Crippen LogP contribution in [0.1, 0.15) is 39.0 Å². The van der Waals surface area contributed by atoms with Gasteiger partial charge in [0.1, 0.15) is 0 Å². The Bertz CT molecular complexity index is 135. The van der Waals surface area contributed by atoms with Crippen molar-refractivity contribution in [2.45, 2.75) is 51.2 Å². The lowest BCUT2D eigenvalue weighted by molar-refractivity contribution is 0.0977. The molecular formula is C11H23NO2. The summed E-state index contributed by atoms with van der Waals surface area (Å²) in [6.45, 7) is 4.41. The quantitative estimate of drug-likeness (QED) is 0.682. The predicted octanol–water partition coefficient (Wildman–Crippen LogP) is 1.70. The van der Waals surface area contributed by atoms with Crippen LogP contribution in [-0.4, -0.2) is 32.0 Å². The van der Waals surface area contributed by atoms with Crippen molar-refractivity contribution >= 4 is 0 Å². The van der Waals surface area contributed by atoms with E-state index in [4.69, 9.17) is 15.2 Å².